The van der Waals surface area contributed by atoms with Crippen LogP contribution in [-0.4, -0.2) is 63.5 Å². The number of esters is 1. The van der Waals surface area contributed by atoms with Crippen molar-refractivity contribution in [2.75, 3.05) is 0 Å². The molecule has 1 aromatic rings. The molecular weight excluding hydrogens is 521 g/mol. The van der Waals surface area contributed by atoms with Crippen LogP contribution in [0.4, 0.5) is 13.2 Å². The highest BCUT2D eigenvalue weighted by Gasteiger charge is 2.49. The third-order valence-corrected chi connectivity index (χ3v) is 8.56. The van der Waals surface area contributed by atoms with Crippen LogP contribution in [0.2, 0.25) is 0 Å². The van der Waals surface area contributed by atoms with E-state index < -0.39 is 77.6 Å². The van der Waals surface area contributed by atoms with Crippen LogP contribution in [0.25, 0.3) is 6.08 Å². The Morgan fingerprint density at radius 3 is 2.47 bits per heavy atom. The van der Waals surface area contributed by atoms with E-state index in [0.29, 0.717) is 11.3 Å². The number of rotatable bonds is 2. The first-order valence-electron chi connectivity index (χ1n) is 12.7. The van der Waals surface area contributed by atoms with Crippen LogP contribution in [0, 0.1) is 24.2 Å². The number of thiazole rings is 1. The molecule has 1 fully saturated rings. The number of Topliss-reactive ketones (excluding diaryl/α,β-unsaturated/α-hetero) is 1. The molecule has 0 saturated carbocycles. The van der Waals surface area contributed by atoms with Gasteiger partial charge in [0.05, 0.1) is 34.7 Å². The average Bonchev–Trinajstić information content (AvgIpc) is 3.48. The molecule has 11 heteroatoms. The minimum atomic E-state index is -4.59. The summed E-state index contributed by atoms with van der Waals surface area (Å²) in [6.07, 6.45) is -6.53. The zero-order chi connectivity index (χ0) is 28.6. The highest BCUT2D eigenvalue weighted by Crippen LogP contribution is 2.38. The third-order valence-electron chi connectivity index (χ3n) is 7.77. The Kier molecular flexibility index (Phi) is 9.28. The highest BCUT2D eigenvalue weighted by molar-refractivity contribution is 7.09. The molecule has 7 atom stereocenters. The minimum Gasteiger partial charge on any atom is -0.457 e. The quantitative estimate of drug-likeness (QED) is 0.280. The smallest absolute Gasteiger partial charge is 0.412 e. The number of nitrogens with zero attached hydrogens (tertiary/aromatic N) is 1. The Morgan fingerprint density at radius 2 is 1.89 bits per heavy atom. The van der Waals surface area contributed by atoms with E-state index in [1.54, 1.807) is 25.3 Å². The van der Waals surface area contributed by atoms with Crippen molar-refractivity contribution in [3.05, 3.63) is 33.3 Å². The Hall–Kier alpha value is -2.08. The number of ketones is 1. The number of aromatic nitrogens is 1. The summed E-state index contributed by atoms with van der Waals surface area (Å²) in [4.78, 5) is 30.4. The van der Waals surface area contributed by atoms with Gasteiger partial charge in [0, 0.05) is 35.4 Å². The zero-order valence-electron chi connectivity index (χ0n) is 22.5. The van der Waals surface area contributed by atoms with Crippen LogP contribution >= 0.6 is 11.3 Å². The summed E-state index contributed by atoms with van der Waals surface area (Å²) in [6.45, 7) is 9.72. The molecule has 1 saturated heterocycles. The molecule has 0 radical (unpaired) electrons. The van der Waals surface area contributed by atoms with Crippen molar-refractivity contribution >= 4 is 29.2 Å². The SMILES string of the molecule is CC(=Cc1csc(C)n1)[C@H]1C/C=C(/C(F)(F)F)CC2NC2[C@H](C)[C@H](O)[C@@H](C)C(=O)C(C)(C)[C@@H](O)CC(=O)O1. The summed E-state index contributed by atoms with van der Waals surface area (Å²) in [7, 11) is 0. The van der Waals surface area contributed by atoms with Gasteiger partial charge < -0.3 is 20.3 Å². The lowest BCUT2D eigenvalue weighted by molar-refractivity contribution is -0.154. The predicted molar refractivity (Wildman–Crippen MR) is 138 cm³/mol. The van der Waals surface area contributed by atoms with Gasteiger partial charge >= 0.3 is 12.1 Å². The van der Waals surface area contributed by atoms with Gasteiger partial charge in [-0.2, -0.15) is 13.2 Å². The maximum atomic E-state index is 14.0. The fraction of sp³-hybridized carbons (Fsp3) is 0.667. The number of carbonyl (C=O) groups excluding carboxylic acids is 2. The fourth-order valence-electron chi connectivity index (χ4n) is 4.99. The molecule has 212 valence electrons. The summed E-state index contributed by atoms with van der Waals surface area (Å²) in [5.41, 5.74) is -1.02. The molecule has 0 bridgehead atoms. The maximum Gasteiger partial charge on any atom is 0.412 e. The number of alkyl halides is 3. The normalized spacial score (nSPS) is 35.2. The number of nitrogens with one attached hydrogen (secondary N) is 1. The lowest BCUT2D eigenvalue weighted by Gasteiger charge is -2.34. The molecule has 3 heterocycles. The highest BCUT2D eigenvalue weighted by atomic mass is 32.1. The van der Waals surface area contributed by atoms with Crippen molar-refractivity contribution in [3.63, 3.8) is 0 Å². The van der Waals surface area contributed by atoms with E-state index in [2.05, 4.69) is 10.3 Å². The summed E-state index contributed by atoms with van der Waals surface area (Å²) < 4.78 is 47.4. The molecule has 0 aromatic carbocycles. The van der Waals surface area contributed by atoms with E-state index >= 15 is 0 Å². The molecule has 0 amide bonds. The van der Waals surface area contributed by atoms with Gasteiger partial charge in [-0.25, -0.2) is 4.98 Å². The van der Waals surface area contributed by atoms with E-state index in [9.17, 15) is 33.0 Å². The van der Waals surface area contributed by atoms with Gasteiger partial charge in [0.1, 0.15) is 11.9 Å². The van der Waals surface area contributed by atoms with Crippen molar-refractivity contribution in [2.24, 2.45) is 17.3 Å². The number of hydrogen-bond acceptors (Lipinski definition) is 8. The summed E-state index contributed by atoms with van der Waals surface area (Å²) in [5.74, 6) is -2.69. The first-order chi connectivity index (χ1) is 17.5. The van der Waals surface area contributed by atoms with Crippen molar-refractivity contribution in [2.45, 2.75) is 97.4 Å². The largest absolute Gasteiger partial charge is 0.457 e. The predicted octanol–water partition coefficient (Wildman–Crippen LogP) is 4.37. The van der Waals surface area contributed by atoms with Gasteiger partial charge in [0.2, 0.25) is 0 Å². The van der Waals surface area contributed by atoms with Gasteiger partial charge in [0.15, 0.2) is 0 Å². The van der Waals surface area contributed by atoms with Crippen LogP contribution in [0.3, 0.4) is 0 Å². The topological polar surface area (TPSA) is 119 Å². The van der Waals surface area contributed by atoms with E-state index in [4.69, 9.17) is 4.74 Å². The van der Waals surface area contributed by atoms with Crippen LogP contribution in [0.15, 0.2) is 22.6 Å². The Morgan fingerprint density at radius 1 is 1.24 bits per heavy atom. The summed E-state index contributed by atoms with van der Waals surface area (Å²) in [5, 5.41) is 27.3. The van der Waals surface area contributed by atoms with Crippen molar-refractivity contribution in [3.8, 4) is 0 Å². The average molecular weight is 559 g/mol. The Bertz CT molecular complexity index is 1100. The second-order valence-corrected chi connectivity index (χ2v) is 12.1. The van der Waals surface area contributed by atoms with Gasteiger partial charge in [-0.3, -0.25) is 9.59 Å². The number of fused-ring (bicyclic) bond motifs is 1. The van der Waals surface area contributed by atoms with E-state index in [0.717, 1.165) is 11.1 Å². The number of cyclic esters (lactones) is 1. The molecule has 2 unspecified atom stereocenters. The first kappa shape index (κ1) is 30.5. The standard InChI is InChI=1S/C27H37F3N2O5S/c1-13(9-18-12-38-16(4)31-18)20-8-7-17(27(28,29)30)10-19-23(32-19)14(2)24(35)15(3)25(36)26(5,6)21(33)11-22(34)37-20/h7,9,12,14-15,19-21,23-24,32-33,35H,8,10-11H2,1-6H3/b13-9?,17-7+/t14-,15+,19?,20+,21-,23?,24-/m0/s1. The third kappa shape index (κ3) is 7.11. The van der Waals surface area contributed by atoms with Crippen molar-refractivity contribution in [1.29, 1.82) is 0 Å². The van der Waals surface area contributed by atoms with Crippen molar-refractivity contribution < 1.29 is 37.7 Å². The maximum absolute atomic E-state index is 14.0. The molecule has 2 aliphatic heterocycles. The first-order valence-corrected chi connectivity index (χ1v) is 13.6. The number of aliphatic hydroxyl groups excluding tert-OH is 2. The monoisotopic (exact) mass is 558 g/mol. The van der Waals surface area contributed by atoms with Crippen LogP contribution in [-0.2, 0) is 14.3 Å². The number of carbonyl (C=O) groups is 2. The van der Waals surface area contributed by atoms with Gasteiger partial charge in [0.25, 0.3) is 0 Å². The summed E-state index contributed by atoms with van der Waals surface area (Å²) >= 11 is 1.42. The minimum absolute atomic E-state index is 0.225. The number of aliphatic hydroxyl groups is 2. The molecule has 1 aromatic heterocycles. The molecule has 3 rings (SSSR count). The molecule has 38 heavy (non-hydrogen) atoms. The zero-order valence-corrected chi connectivity index (χ0v) is 23.3. The Labute approximate surface area is 225 Å². The molecule has 2 aliphatic rings. The van der Waals surface area contributed by atoms with E-state index in [1.807, 2.05) is 6.92 Å². The van der Waals surface area contributed by atoms with Crippen LogP contribution in [0.1, 0.15) is 64.6 Å². The van der Waals surface area contributed by atoms with E-state index in [1.165, 1.54) is 32.1 Å². The summed E-state index contributed by atoms with van der Waals surface area (Å²) in [6, 6.07) is -0.910. The lowest BCUT2D eigenvalue weighted by Crippen LogP contribution is -2.46. The number of halogens is 3. The van der Waals surface area contributed by atoms with Crippen molar-refractivity contribution in [1.82, 2.24) is 10.3 Å². The van der Waals surface area contributed by atoms with Gasteiger partial charge in [-0.15, -0.1) is 11.3 Å². The molecule has 0 aliphatic carbocycles. The van der Waals surface area contributed by atoms with Crippen LogP contribution in [0.5, 0.6) is 0 Å². The fourth-order valence-corrected chi connectivity index (χ4v) is 5.56. The van der Waals surface area contributed by atoms with E-state index in [-0.39, 0.29) is 12.8 Å². The van der Waals surface area contributed by atoms with Crippen LogP contribution < -0.4 is 5.32 Å². The molecule has 7 nitrogen and oxygen atoms in total. The number of aryl methyl sites for hydroxylation is 1. The van der Waals surface area contributed by atoms with Gasteiger partial charge in [-0.05, 0) is 37.8 Å². The molecule has 3 N–H and O–H groups in total. The Balaban J connectivity index is 1.98. The lowest BCUT2D eigenvalue weighted by atomic mass is 9.73. The van der Waals surface area contributed by atoms with Gasteiger partial charge in [-0.1, -0.05) is 33.8 Å². The number of ether oxygens (including phenoxy) is 1. The second kappa shape index (κ2) is 11.6. The molecule has 0 spiro atoms. The number of hydrogen-bond donors (Lipinski definition) is 3. The molecular formula is C27H37F3N2O5S. The second-order valence-electron chi connectivity index (χ2n) is 11.1.